The number of hydrogen-bond acceptors (Lipinski definition) is 3. The summed E-state index contributed by atoms with van der Waals surface area (Å²) in [5.74, 6) is -0.406. The monoisotopic (exact) mass is 279 g/mol. The molecule has 0 aliphatic carbocycles. The Labute approximate surface area is 119 Å². The highest BCUT2D eigenvalue weighted by Gasteiger charge is 2.18. The van der Waals surface area contributed by atoms with Crippen molar-refractivity contribution in [1.29, 1.82) is 0 Å². The lowest BCUT2D eigenvalue weighted by atomic mass is 10.0. The smallest absolute Gasteiger partial charge is 0.238 e. The van der Waals surface area contributed by atoms with Gasteiger partial charge in [-0.1, -0.05) is 6.42 Å². The molecule has 1 saturated heterocycles. The summed E-state index contributed by atoms with van der Waals surface area (Å²) in [4.78, 5) is 14.1. The van der Waals surface area contributed by atoms with Gasteiger partial charge in [-0.2, -0.15) is 0 Å². The second-order valence-corrected chi connectivity index (χ2v) is 5.32. The molecule has 1 aromatic carbocycles. The topological polar surface area (TPSA) is 44.4 Å². The van der Waals surface area contributed by atoms with E-state index in [0.29, 0.717) is 11.7 Å². The third-order valence-electron chi connectivity index (χ3n) is 3.72. The number of halogens is 1. The molecule has 1 heterocycles. The van der Waals surface area contributed by atoms with Crippen molar-refractivity contribution in [2.45, 2.75) is 25.3 Å². The van der Waals surface area contributed by atoms with Gasteiger partial charge < -0.3 is 15.5 Å². The Morgan fingerprint density at radius 2 is 2.10 bits per heavy atom. The van der Waals surface area contributed by atoms with Crippen molar-refractivity contribution in [1.82, 2.24) is 10.2 Å². The van der Waals surface area contributed by atoms with Crippen molar-refractivity contribution in [3.8, 4) is 0 Å². The molecule has 1 aliphatic rings. The van der Waals surface area contributed by atoms with Crippen LogP contribution < -0.4 is 10.6 Å². The molecule has 1 unspecified atom stereocenters. The number of likely N-dealkylation sites (tertiary alicyclic amines) is 1. The van der Waals surface area contributed by atoms with Crippen LogP contribution in [0.1, 0.15) is 19.3 Å². The number of hydrogen-bond donors (Lipinski definition) is 2. The highest BCUT2D eigenvalue weighted by molar-refractivity contribution is 5.92. The van der Waals surface area contributed by atoms with Crippen molar-refractivity contribution < 1.29 is 9.18 Å². The van der Waals surface area contributed by atoms with Crippen LogP contribution in [0.15, 0.2) is 24.3 Å². The van der Waals surface area contributed by atoms with Gasteiger partial charge in [0.2, 0.25) is 5.91 Å². The minimum Gasteiger partial charge on any atom is -0.325 e. The molecule has 5 heteroatoms. The summed E-state index contributed by atoms with van der Waals surface area (Å²) in [5, 5.41) is 5.93. The predicted octanol–water partition coefficient (Wildman–Crippen LogP) is 1.84. The lowest BCUT2D eigenvalue weighted by molar-refractivity contribution is -0.115. The van der Waals surface area contributed by atoms with Crippen LogP contribution in [0.25, 0.3) is 0 Å². The fraction of sp³-hybridized carbons (Fsp3) is 0.533. The molecule has 1 amide bonds. The van der Waals surface area contributed by atoms with E-state index < -0.39 is 0 Å². The third kappa shape index (κ3) is 4.58. The summed E-state index contributed by atoms with van der Waals surface area (Å²) in [6, 6.07) is 6.30. The molecule has 4 nitrogen and oxygen atoms in total. The van der Waals surface area contributed by atoms with E-state index in [2.05, 4.69) is 22.6 Å². The average Bonchev–Trinajstić information content (AvgIpc) is 2.43. The van der Waals surface area contributed by atoms with Crippen LogP contribution in [0, 0.1) is 5.82 Å². The van der Waals surface area contributed by atoms with Crippen molar-refractivity contribution in [2.75, 3.05) is 32.0 Å². The third-order valence-corrected chi connectivity index (χ3v) is 3.72. The number of amides is 1. The van der Waals surface area contributed by atoms with E-state index in [9.17, 15) is 9.18 Å². The largest absolute Gasteiger partial charge is 0.325 e. The van der Waals surface area contributed by atoms with Gasteiger partial charge in [0.25, 0.3) is 0 Å². The Kier molecular flexibility index (Phi) is 5.49. The maximum absolute atomic E-state index is 12.7. The number of nitrogens with one attached hydrogen (secondary N) is 2. The number of nitrogens with zero attached hydrogens (tertiary/aromatic N) is 1. The number of carbonyl (C=O) groups is 1. The lowest BCUT2D eigenvalue weighted by Crippen LogP contribution is -2.44. The van der Waals surface area contributed by atoms with E-state index in [1.807, 2.05) is 0 Å². The van der Waals surface area contributed by atoms with Crippen molar-refractivity contribution >= 4 is 11.6 Å². The number of piperidine rings is 1. The Bertz CT molecular complexity index is 435. The molecule has 1 atom stereocenters. The first kappa shape index (κ1) is 14.9. The molecule has 2 rings (SSSR count). The van der Waals surface area contributed by atoms with Crippen molar-refractivity contribution in [3.05, 3.63) is 30.1 Å². The maximum atomic E-state index is 12.7. The Morgan fingerprint density at radius 3 is 2.80 bits per heavy atom. The number of carbonyl (C=O) groups excluding carboxylic acids is 1. The minimum atomic E-state index is -0.304. The molecule has 0 spiro atoms. The summed E-state index contributed by atoms with van der Waals surface area (Å²) in [6.07, 6.45) is 3.71. The van der Waals surface area contributed by atoms with E-state index in [1.165, 1.54) is 31.4 Å². The molecular weight excluding hydrogens is 257 g/mol. The van der Waals surface area contributed by atoms with Gasteiger partial charge in [-0.15, -0.1) is 0 Å². The first-order valence-corrected chi connectivity index (χ1v) is 7.11. The Morgan fingerprint density at radius 1 is 1.35 bits per heavy atom. The molecule has 110 valence electrons. The van der Waals surface area contributed by atoms with Gasteiger partial charge in [-0.25, -0.2) is 4.39 Å². The summed E-state index contributed by atoms with van der Waals surface area (Å²) in [7, 11) is 2.13. The molecule has 0 saturated carbocycles. The van der Waals surface area contributed by atoms with Gasteiger partial charge in [0.05, 0.1) is 6.54 Å². The van der Waals surface area contributed by atoms with Crippen LogP contribution in [-0.4, -0.2) is 43.5 Å². The van der Waals surface area contributed by atoms with Crippen LogP contribution in [0.2, 0.25) is 0 Å². The Balaban J connectivity index is 1.68. The van der Waals surface area contributed by atoms with Crippen LogP contribution in [0.3, 0.4) is 0 Å². The van der Waals surface area contributed by atoms with Crippen LogP contribution in [-0.2, 0) is 4.79 Å². The lowest BCUT2D eigenvalue weighted by Gasteiger charge is -2.32. The van der Waals surface area contributed by atoms with Gasteiger partial charge in [0.1, 0.15) is 5.82 Å². The molecule has 1 aliphatic heterocycles. The van der Waals surface area contributed by atoms with E-state index in [0.717, 1.165) is 13.1 Å². The fourth-order valence-electron chi connectivity index (χ4n) is 2.49. The van der Waals surface area contributed by atoms with Crippen LogP contribution in [0.4, 0.5) is 10.1 Å². The van der Waals surface area contributed by atoms with E-state index in [-0.39, 0.29) is 18.3 Å². The van der Waals surface area contributed by atoms with Gasteiger partial charge in [-0.3, -0.25) is 4.79 Å². The second-order valence-electron chi connectivity index (χ2n) is 5.32. The highest BCUT2D eigenvalue weighted by atomic mass is 19.1. The average molecular weight is 279 g/mol. The Hall–Kier alpha value is -1.46. The van der Waals surface area contributed by atoms with Gasteiger partial charge in [0.15, 0.2) is 0 Å². The highest BCUT2D eigenvalue weighted by Crippen LogP contribution is 2.13. The summed E-state index contributed by atoms with van der Waals surface area (Å²) >= 11 is 0. The fourth-order valence-corrected chi connectivity index (χ4v) is 2.49. The van der Waals surface area contributed by atoms with Crippen molar-refractivity contribution in [2.24, 2.45) is 0 Å². The standard InChI is InChI=1S/C15H22FN3O/c1-19-9-3-2-4-14(19)10-17-11-15(20)18-13-7-5-12(16)6-8-13/h5-8,14,17H,2-4,9-11H2,1H3,(H,18,20). The van der Waals surface area contributed by atoms with Crippen LogP contribution >= 0.6 is 0 Å². The zero-order valence-corrected chi connectivity index (χ0v) is 11.9. The minimum absolute atomic E-state index is 0.102. The summed E-state index contributed by atoms with van der Waals surface area (Å²) < 4.78 is 12.7. The zero-order chi connectivity index (χ0) is 14.4. The molecule has 0 radical (unpaired) electrons. The predicted molar refractivity (Wildman–Crippen MR) is 78.2 cm³/mol. The SMILES string of the molecule is CN1CCCCC1CNCC(=O)Nc1ccc(F)cc1. The van der Waals surface area contributed by atoms with Gasteiger partial charge in [0, 0.05) is 18.3 Å². The molecule has 2 N–H and O–H groups in total. The molecule has 20 heavy (non-hydrogen) atoms. The number of likely N-dealkylation sites (N-methyl/N-ethyl adjacent to an activating group) is 1. The normalized spacial score (nSPS) is 19.8. The quantitative estimate of drug-likeness (QED) is 0.864. The number of benzene rings is 1. The number of rotatable bonds is 5. The molecule has 1 fully saturated rings. The molecule has 1 aromatic rings. The first-order chi connectivity index (χ1) is 9.65. The van der Waals surface area contributed by atoms with Gasteiger partial charge >= 0.3 is 0 Å². The number of anilines is 1. The zero-order valence-electron chi connectivity index (χ0n) is 11.9. The van der Waals surface area contributed by atoms with E-state index in [1.54, 1.807) is 12.1 Å². The summed E-state index contributed by atoms with van der Waals surface area (Å²) in [5.41, 5.74) is 0.619. The molecule has 0 bridgehead atoms. The summed E-state index contributed by atoms with van der Waals surface area (Å²) in [6.45, 7) is 2.24. The maximum Gasteiger partial charge on any atom is 0.238 e. The van der Waals surface area contributed by atoms with Gasteiger partial charge in [-0.05, 0) is 50.7 Å². The first-order valence-electron chi connectivity index (χ1n) is 7.11. The molecular formula is C15H22FN3O. The van der Waals surface area contributed by atoms with Crippen LogP contribution in [0.5, 0.6) is 0 Å². The van der Waals surface area contributed by atoms with E-state index >= 15 is 0 Å². The molecule has 0 aromatic heterocycles. The second kappa shape index (κ2) is 7.36. The van der Waals surface area contributed by atoms with Crippen molar-refractivity contribution in [3.63, 3.8) is 0 Å². The van der Waals surface area contributed by atoms with E-state index in [4.69, 9.17) is 0 Å².